The first-order valence-corrected chi connectivity index (χ1v) is 3.71. The fourth-order valence-electron chi connectivity index (χ4n) is 1.07. The van der Waals surface area contributed by atoms with Gasteiger partial charge in [0.15, 0.2) is 0 Å². The molecule has 0 aromatic heterocycles. The Morgan fingerprint density at radius 1 is 1.36 bits per heavy atom. The number of phenols is 1. The van der Waals surface area contributed by atoms with Gasteiger partial charge in [0.1, 0.15) is 11.6 Å². The standard InChI is InChI=1S/C9H7FO4/c1-4-5(10)2-3-6(11)7(4)8(12)9(13)14/h2-3,11H,1H3,(H,13,14). The highest BCUT2D eigenvalue weighted by Gasteiger charge is 2.22. The van der Waals surface area contributed by atoms with Gasteiger partial charge in [0.25, 0.3) is 5.78 Å². The van der Waals surface area contributed by atoms with Crippen molar-refractivity contribution in [2.24, 2.45) is 0 Å². The summed E-state index contributed by atoms with van der Waals surface area (Å²) in [5.74, 6) is -4.31. The summed E-state index contributed by atoms with van der Waals surface area (Å²) in [6, 6.07) is 1.90. The van der Waals surface area contributed by atoms with E-state index >= 15 is 0 Å². The summed E-state index contributed by atoms with van der Waals surface area (Å²) < 4.78 is 12.9. The van der Waals surface area contributed by atoms with Crippen LogP contribution in [-0.2, 0) is 4.79 Å². The Kier molecular flexibility index (Phi) is 2.51. The average Bonchev–Trinajstić information content (AvgIpc) is 2.12. The van der Waals surface area contributed by atoms with Crippen molar-refractivity contribution in [2.45, 2.75) is 6.92 Å². The molecular formula is C9H7FO4. The van der Waals surface area contributed by atoms with E-state index in [-0.39, 0.29) is 5.56 Å². The summed E-state index contributed by atoms with van der Waals surface area (Å²) in [4.78, 5) is 21.3. The molecule has 0 heterocycles. The molecular weight excluding hydrogens is 191 g/mol. The molecule has 14 heavy (non-hydrogen) atoms. The number of ketones is 1. The zero-order chi connectivity index (χ0) is 10.9. The molecule has 2 N–H and O–H groups in total. The number of hydrogen-bond donors (Lipinski definition) is 2. The van der Waals surface area contributed by atoms with E-state index in [1.807, 2.05) is 0 Å². The fraction of sp³-hybridized carbons (Fsp3) is 0.111. The predicted molar refractivity (Wildman–Crippen MR) is 44.8 cm³/mol. The maximum atomic E-state index is 12.9. The third-order valence-corrected chi connectivity index (χ3v) is 1.80. The van der Waals surface area contributed by atoms with Gasteiger partial charge in [-0.2, -0.15) is 0 Å². The Morgan fingerprint density at radius 2 is 1.93 bits per heavy atom. The normalized spacial score (nSPS) is 9.86. The molecule has 0 amide bonds. The van der Waals surface area contributed by atoms with E-state index in [1.54, 1.807) is 0 Å². The maximum absolute atomic E-state index is 12.9. The highest BCUT2D eigenvalue weighted by Crippen LogP contribution is 2.23. The fourth-order valence-corrected chi connectivity index (χ4v) is 1.07. The molecule has 0 aliphatic rings. The monoisotopic (exact) mass is 198 g/mol. The van der Waals surface area contributed by atoms with Gasteiger partial charge in [0.2, 0.25) is 0 Å². The van der Waals surface area contributed by atoms with Crippen LogP contribution in [0.2, 0.25) is 0 Å². The molecule has 1 rings (SSSR count). The second kappa shape index (κ2) is 3.45. The molecule has 0 radical (unpaired) electrons. The predicted octanol–water partition coefficient (Wildman–Crippen LogP) is 1.11. The average molecular weight is 198 g/mol. The van der Waals surface area contributed by atoms with E-state index in [4.69, 9.17) is 5.11 Å². The Morgan fingerprint density at radius 3 is 2.43 bits per heavy atom. The molecule has 1 aromatic rings. The van der Waals surface area contributed by atoms with Crippen molar-refractivity contribution >= 4 is 11.8 Å². The first kappa shape index (κ1) is 10.2. The van der Waals surface area contributed by atoms with Gasteiger partial charge in [-0.05, 0) is 24.6 Å². The molecule has 0 fully saturated rings. The molecule has 0 atom stereocenters. The number of aliphatic carboxylic acids is 1. The van der Waals surface area contributed by atoms with Gasteiger partial charge >= 0.3 is 5.97 Å². The van der Waals surface area contributed by atoms with Gasteiger partial charge in [-0.15, -0.1) is 0 Å². The number of phenolic OH excluding ortho intramolecular Hbond substituents is 1. The Bertz CT molecular complexity index is 412. The van der Waals surface area contributed by atoms with E-state index < -0.39 is 28.9 Å². The number of carbonyl (C=O) groups is 2. The first-order valence-electron chi connectivity index (χ1n) is 3.71. The molecule has 0 aliphatic heterocycles. The summed E-state index contributed by atoms with van der Waals surface area (Å²) in [5.41, 5.74) is -0.671. The molecule has 1 aromatic carbocycles. The topological polar surface area (TPSA) is 74.6 Å². The lowest BCUT2D eigenvalue weighted by Crippen LogP contribution is -2.15. The highest BCUT2D eigenvalue weighted by atomic mass is 19.1. The SMILES string of the molecule is Cc1c(F)ccc(O)c1C(=O)C(=O)O. The van der Waals surface area contributed by atoms with Crippen molar-refractivity contribution in [1.82, 2.24) is 0 Å². The van der Waals surface area contributed by atoms with Gasteiger partial charge in [-0.1, -0.05) is 0 Å². The molecule has 5 heteroatoms. The van der Waals surface area contributed by atoms with Crippen LogP contribution in [0.5, 0.6) is 5.75 Å². The van der Waals surface area contributed by atoms with Crippen LogP contribution in [0.3, 0.4) is 0 Å². The van der Waals surface area contributed by atoms with Crippen molar-refractivity contribution < 1.29 is 24.2 Å². The largest absolute Gasteiger partial charge is 0.507 e. The van der Waals surface area contributed by atoms with E-state index in [1.165, 1.54) is 6.92 Å². The van der Waals surface area contributed by atoms with Gasteiger partial charge in [-0.25, -0.2) is 9.18 Å². The van der Waals surface area contributed by atoms with E-state index in [9.17, 15) is 19.1 Å². The van der Waals surface area contributed by atoms with Gasteiger partial charge in [0.05, 0.1) is 5.56 Å². The minimum absolute atomic E-state index is 0.169. The number of rotatable bonds is 2. The highest BCUT2D eigenvalue weighted by molar-refractivity contribution is 6.40. The second-order valence-electron chi connectivity index (χ2n) is 2.70. The van der Waals surface area contributed by atoms with Crippen LogP contribution >= 0.6 is 0 Å². The molecule has 0 saturated heterocycles. The third kappa shape index (κ3) is 1.56. The molecule has 4 nitrogen and oxygen atoms in total. The van der Waals surface area contributed by atoms with Gasteiger partial charge < -0.3 is 10.2 Å². The molecule has 74 valence electrons. The van der Waals surface area contributed by atoms with E-state index in [2.05, 4.69) is 0 Å². The second-order valence-corrected chi connectivity index (χ2v) is 2.70. The lowest BCUT2D eigenvalue weighted by molar-refractivity contribution is -0.131. The van der Waals surface area contributed by atoms with Crippen molar-refractivity contribution in [1.29, 1.82) is 0 Å². The smallest absolute Gasteiger partial charge is 0.377 e. The van der Waals surface area contributed by atoms with E-state index in [0.29, 0.717) is 0 Å². The van der Waals surface area contributed by atoms with Crippen molar-refractivity contribution in [3.05, 3.63) is 29.1 Å². The zero-order valence-corrected chi connectivity index (χ0v) is 7.24. The number of halogens is 1. The summed E-state index contributed by atoms with van der Waals surface area (Å²) >= 11 is 0. The van der Waals surface area contributed by atoms with Crippen LogP contribution in [-0.4, -0.2) is 22.0 Å². The van der Waals surface area contributed by atoms with Gasteiger partial charge in [0, 0.05) is 0 Å². The van der Waals surface area contributed by atoms with Crippen LogP contribution in [0.1, 0.15) is 15.9 Å². The number of hydrogen-bond acceptors (Lipinski definition) is 3. The van der Waals surface area contributed by atoms with Crippen molar-refractivity contribution in [2.75, 3.05) is 0 Å². The summed E-state index contributed by atoms with van der Waals surface area (Å²) in [6.45, 7) is 1.23. The molecule has 0 bridgehead atoms. The lowest BCUT2D eigenvalue weighted by atomic mass is 10.0. The van der Waals surface area contributed by atoms with Crippen molar-refractivity contribution in [3.8, 4) is 5.75 Å². The lowest BCUT2D eigenvalue weighted by Gasteiger charge is -2.05. The minimum atomic E-state index is -1.73. The number of benzene rings is 1. The first-order chi connectivity index (χ1) is 6.45. The minimum Gasteiger partial charge on any atom is -0.507 e. The number of carboxylic acids is 1. The van der Waals surface area contributed by atoms with E-state index in [0.717, 1.165) is 12.1 Å². The number of Topliss-reactive ketones (excluding diaryl/α,β-unsaturated/α-hetero) is 1. The van der Waals surface area contributed by atoms with Crippen LogP contribution < -0.4 is 0 Å². The van der Waals surface area contributed by atoms with Crippen molar-refractivity contribution in [3.63, 3.8) is 0 Å². The maximum Gasteiger partial charge on any atom is 0.377 e. The van der Waals surface area contributed by atoms with Crippen LogP contribution in [0, 0.1) is 12.7 Å². The number of carboxylic acid groups (broad SMARTS) is 1. The summed E-state index contributed by atoms with van der Waals surface area (Å²) in [6.07, 6.45) is 0. The Labute approximate surface area is 78.6 Å². The molecule has 0 aliphatic carbocycles. The van der Waals surface area contributed by atoms with Crippen LogP contribution in [0.15, 0.2) is 12.1 Å². The molecule has 0 spiro atoms. The quantitative estimate of drug-likeness (QED) is 0.551. The Balaban J connectivity index is 3.40. The summed E-state index contributed by atoms with van der Waals surface area (Å²) in [5, 5.41) is 17.6. The Hall–Kier alpha value is -1.91. The van der Waals surface area contributed by atoms with Gasteiger partial charge in [-0.3, -0.25) is 4.79 Å². The summed E-state index contributed by atoms with van der Waals surface area (Å²) in [7, 11) is 0. The number of carbonyl (C=O) groups excluding carboxylic acids is 1. The molecule has 0 saturated carbocycles. The van der Waals surface area contributed by atoms with Crippen LogP contribution in [0.4, 0.5) is 4.39 Å². The van der Waals surface area contributed by atoms with Crippen LogP contribution in [0.25, 0.3) is 0 Å². The number of aromatic hydroxyl groups is 1. The zero-order valence-electron chi connectivity index (χ0n) is 7.24. The molecule has 0 unspecified atom stereocenters. The third-order valence-electron chi connectivity index (χ3n) is 1.80.